The second-order valence-corrected chi connectivity index (χ2v) is 5.28. The highest BCUT2D eigenvalue weighted by Crippen LogP contribution is 2.52. The van der Waals surface area contributed by atoms with Crippen molar-refractivity contribution < 1.29 is 22.5 Å². The van der Waals surface area contributed by atoms with Gasteiger partial charge in [-0.05, 0) is 24.3 Å². The van der Waals surface area contributed by atoms with Crippen LogP contribution in [0.4, 0.5) is 4.39 Å². The first kappa shape index (κ1) is 11.6. The third kappa shape index (κ3) is 2.82. The summed E-state index contributed by atoms with van der Waals surface area (Å²) in [7, 11) is -3.51. The Morgan fingerprint density at radius 3 is 2.44 bits per heavy atom. The molecule has 0 N–H and O–H groups in total. The molecule has 0 radical (unpaired) electrons. The zero-order valence-electron chi connectivity index (χ0n) is 8.76. The topological polar surface area (TPSA) is 44.8 Å². The maximum atomic E-state index is 12.6. The minimum Gasteiger partial charge on any atom is -0.404 e. The van der Waals surface area contributed by atoms with Gasteiger partial charge in [0.15, 0.2) is 0 Å². The molecule has 1 aromatic rings. The normalized spacial score (nSPS) is 30.0. The van der Waals surface area contributed by atoms with Gasteiger partial charge in [0.1, 0.15) is 11.6 Å². The second kappa shape index (κ2) is 4.53. The van der Waals surface area contributed by atoms with E-state index >= 15 is 0 Å². The van der Waals surface area contributed by atoms with Crippen LogP contribution in [0.1, 0.15) is 6.92 Å². The molecule has 0 spiro atoms. The van der Waals surface area contributed by atoms with Gasteiger partial charge in [-0.15, -0.1) is 0 Å². The number of phosphoric ester groups is 1. The van der Waals surface area contributed by atoms with Crippen molar-refractivity contribution in [3.8, 4) is 5.75 Å². The second-order valence-electron chi connectivity index (χ2n) is 3.69. The number of phosphoric acid groups is 1. The molecule has 0 atom stereocenters. The summed E-state index contributed by atoms with van der Waals surface area (Å²) in [6, 6.07) is 5.18. The van der Waals surface area contributed by atoms with Gasteiger partial charge >= 0.3 is 7.82 Å². The Kier molecular flexibility index (Phi) is 3.28. The lowest BCUT2D eigenvalue weighted by Gasteiger charge is -2.25. The van der Waals surface area contributed by atoms with Crippen LogP contribution in [0.25, 0.3) is 0 Å². The van der Waals surface area contributed by atoms with E-state index in [1.54, 1.807) is 0 Å². The smallest absolute Gasteiger partial charge is 0.404 e. The van der Waals surface area contributed by atoms with Crippen LogP contribution in [0.5, 0.6) is 5.75 Å². The molecule has 1 aliphatic heterocycles. The molecule has 0 bridgehead atoms. The van der Waals surface area contributed by atoms with Crippen LogP contribution in [-0.4, -0.2) is 13.2 Å². The van der Waals surface area contributed by atoms with Gasteiger partial charge in [-0.2, -0.15) is 0 Å². The first-order chi connectivity index (χ1) is 7.57. The molecule has 2 rings (SSSR count). The maximum Gasteiger partial charge on any atom is 0.530 e. The van der Waals surface area contributed by atoms with Crippen molar-refractivity contribution in [3.63, 3.8) is 0 Å². The van der Waals surface area contributed by atoms with E-state index in [0.717, 1.165) is 0 Å². The Bertz CT molecular complexity index is 394. The number of hydrogen-bond acceptors (Lipinski definition) is 4. The quantitative estimate of drug-likeness (QED) is 0.752. The van der Waals surface area contributed by atoms with E-state index in [-0.39, 0.29) is 17.5 Å². The largest absolute Gasteiger partial charge is 0.530 e. The lowest BCUT2D eigenvalue weighted by atomic mass is 10.2. The Morgan fingerprint density at radius 1 is 1.31 bits per heavy atom. The van der Waals surface area contributed by atoms with Gasteiger partial charge < -0.3 is 4.52 Å². The van der Waals surface area contributed by atoms with Crippen LogP contribution in [0, 0.1) is 11.7 Å². The van der Waals surface area contributed by atoms with Crippen LogP contribution in [0.2, 0.25) is 0 Å². The third-order valence-electron chi connectivity index (χ3n) is 2.07. The summed E-state index contributed by atoms with van der Waals surface area (Å²) in [4.78, 5) is 0. The van der Waals surface area contributed by atoms with Crippen LogP contribution in [-0.2, 0) is 13.6 Å². The molecular weight excluding hydrogens is 234 g/mol. The molecule has 0 amide bonds. The molecule has 1 aromatic carbocycles. The molecule has 1 aliphatic rings. The summed E-state index contributed by atoms with van der Waals surface area (Å²) in [5.41, 5.74) is 0. The Balaban J connectivity index is 2.04. The number of rotatable bonds is 2. The lowest BCUT2D eigenvalue weighted by molar-refractivity contribution is 0.0695. The van der Waals surface area contributed by atoms with E-state index in [0.29, 0.717) is 13.2 Å². The number of halogens is 1. The summed E-state index contributed by atoms with van der Waals surface area (Å²) < 4.78 is 39.6. The van der Waals surface area contributed by atoms with Crippen molar-refractivity contribution in [3.05, 3.63) is 30.1 Å². The zero-order valence-corrected chi connectivity index (χ0v) is 9.65. The molecule has 0 unspecified atom stereocenters. The maximum absolute atomic E-state index is 12.6. The highest BCUT2D eigenvalue weighted by Gasteiger charge is 2.34. The van der Waals surface area contributed by atoms with Crippen LogP contribution in [0.15, 0.2) is 24.3 Å². The van der Waals surface area contributed by atoms with Gasteiger partial charge in [0.05, 0.1) is 13.2 Å². The molecule has 1 heterocycles. The lowest BCUT2D eigenvalue weighted by Crippen LogP contribution is -2.20. The first-order valence-corrected chi connectivity index (χ1v) is 6.38. The Labute approximate surface area is 92.9 Å². The van der Waals surface area contributed by atoms with Crippen molar-refractivity contribution in [2.75, 3.05) is 13.2 Å². The molecular formula is C10H12FO4P. The van der Waals surface area contributed by atoms with Crippen molar-refractivity contribution in [1.29, 1.82) is 0 Å². The van der Waals surface area contributed by atoms with Crippen molar-refractivity contribution in [2.45, 2.75) is 6.92 Å². The van der Waals surface area contributed by atoms with Crippen molar-refractivity contribution in [2.24, 2.45) is 5.92 Å². The standard InChI is InChI=1S/C10H12FO4P/c1-8-6-13-16(12,14-7-8)15-10-4-2-9(11)3-5-10/h2-5,8H,6-7H2,1H3. The molecule has 0 aliphatic carbocycles. The Morgan fingerprint density at radius 2 is 1.88 bits per heavy atom. The summed E-state index contributed by atoms with van der Waals surface area (Å²) >= 11 is 0. The number of benzene rings is 1. The zero-order chi connectivity index (χ0) is 11.6. The summed E-state index contributed by atoms with van der Waals surface area (Å²) in [5, 5.41) is 0. The molecule has 4 nitrogen and oxygen atoms in total. The fourth-order valence-electron chi connectivity index (χ4n) is 1.20. The van der Waals surface area contributed by atoms with E-state index in [1.807, 2.05) is 6.92 Å². The van der Waals surface area contributed by atoms with E-state index in [2.05, 4.69) is 0 Å². The summed E-state index contributed by atoms with van der Waals surface area (Å²) in [5.74, 6) is 0.0721. The highest BCUT2D eigenvalue weighted by molar-refractivity contribution is 7.49. The molecule has 1 saturated heterocycles. The predicted octanol–water partition coefficient (Wildman–Crippen LogP) is 3.00. The van der Waals surface area contributed by atoms with Gasteiger partial charge in [0, 0.05) is 5.92 Å². The van der Waals surface area contributed by atoms with Crippen LogP contribution in [0.3, 0.4) is 0 Å². The van der Waals surface area contributed by atoms with Gasteiger partial charge in [-0.1, -0.05) is 6.92 Å². The predicted molar refractivity (Wildman–Crippen MR) is 55.7 cm³/mol. The monoisotopic (exact) mass is 246 g/mol. The van der Waals surface area contributed by atoms with Gasteiger partial charge in [0.2, 0.25) is 0 Å². The average Bonchev–Trinajstić information content (AvgIpc) is 2.27. The average molecular weight is 246 g/mol. The van der Waals surface area contributed by atoms with E-state index < -0.39 is 7.82 Å². The third-order valence-corrected chi connectivity index (χ3v) is 3.43. The van der Waals surface area contributed by atoms with E-state index in [1.165, 1.54) is 24.3 Å². The molecule has 1 fully saturated rings. The summed E-state index contributed by atoms with van der Waals surface area (Å²) in [6.07, 6.45) is 0. The van der Waals surface area contributed by atoms with Crippen LogP contribution < -0.4 is 4.52 Å². The van der Waals surface area contributed by atoms with Gasteiger partial charge in [-0.3, -0.25) is 9.05 Å². The number of hydrogen-bond donors (Lipinski definition) is 0. The minimum atomic E-state index is -3.51. The summed E-state index contributed by atoms with van der Waals surface area (Å²) in [6.45, 7) is 2.58. The molecule has 0 saturated carbocycles. The fourth-order valence-corrected chi connectivity index (χ4v) is 2.63. The first-order valence-electron chi connectivity index (χ1n) is 4.92. The molecule has 88 valence electrons. The van der Waals surface area contributed by atoms with Crippen molar-refractivity contribution >= 4 is 7.82 Å². The Hall–Kier alpha value is -0.900. The minimum absolute atomic E-state index is 0.193. The van der Waals surface area contributed by atoms with Crippen molar-refractivity contribution in [1.82, 2.24) is 0 Å². The SMILES string of the molecule is CC1COP(=O)(Oc2ccc(F)cc2)OC1. The van der Waals surface area contributed by atoms with Crippen LogP contribution >= 0.6 is 7.82 Å². The highest BCUT2D eigenvalue weighted by atomic mass is 31.2. The van der Waals surface area contributed by atoms with E-state index in [4.69, 9.17) is 13.6 Å². The molecule has 6 heteroatoms. The molecule has 0 aromatic heterocycles. The van der Waals surface area contributed by atoms with E-state index in [9.17, 15) is 8.96 Å². The fraction of sp³-hybridized carbons (Fsp3) is 0.400. The molecule has 16 heavy (non-hydrogen) atoms. The van der Waals surface area contributed by atoms with Gasteiger partial charge in [0.25, 0.3) is 0 Å². The van der Waals surface area contributed by atoms with Gasteiger partial charge in [-0.25, -0.2) is 8.96 Å².